The smallest absolute Gasteiger partial charge is 0.437 e. The molecule has 0 radical (unpaired) electrons. The van der Waals surface area contributed by atoms with Gasteiger partial charge in [0.2, 0.25) is 0 Å². The SMILES string of the molecule is CCOC(=O)[C@H]1[C@H](c2ccc(Cl)cc2)NC(=S)N[C@@]1(O)C(F)(F)F. The van der Waals surface area contributed by atoms with Gasteiger partial charge in [0.05, 0.1) is 12.6 Å². The Kier molecular flexibility index (Phi) is 5.26. The first-order valence-corrected chi connectivity index (χ1v) is 7.68. The molecule has 0 amide bonds. The number of carbonyl (C=O) groups is 1. The Bertz CT molecular complexity index is 641. The standard InChI is InChI=1S/C14H14ClF3N2O3S/c1-2-23-11(21)9-10(7-3-5-8(15)6-4-7)19-12(24)20-13(9,22)14(16,17)18/h3-6,9-10,22H,2H2,1H3,(H2,19,20,24)/t9-,10+,13+/m1/s1. The van der Waals surface area contributed by atoms with Gasteiger partial charge in [-0.05, 0) is 36.8 Å². The van der Waals surface area contributed by atoms with E-state index >= 15 is 0 Å². The van der Waals surface area contributed by atoms with E-state index in [2.05, 4.69) is 5.32 Å². The lowest BCUT2D eigenvalue weighted by Crippen LogP contribution is -2.73. The molecule has 1 heterocycles. The van der Waals surface area contributed by atoms with Crippen LogP contribution in [0.3, 0.4) is 0 Å². The number of ether oxygens (including phenoxy) is 1. The van der Waals surface area contributed by atoms with Gasteiger partial charge in [-0.1, -0.05) is 23.7 Å². The molecule has 2 rings (SSSR count). The van der Waals surface area contributed by atoms with Gasteiger partial charge in [0.25, 0.3) is 5.72 Å². The molecule has 0 saturated carbocycles. The highest BCUT2D eigenvalue weighted by atomic mass is 35.5. The summed E-state index contributed by atoms with van der Waals surface area (Å²) >= 11 is 10.5. The average molecular weight is 383 g/mol. The monoisotopic (exact) mass is 382 g/mol. The van der Waals surface area contributed by atoms with Gasteiger partial charge >= 0.3 is 12.1 Å². The molecule has 1 aromatic carbocycles. The van der Waals surface area contributed by atoms with Crippen molar-refractivity contribution in [2.45, 2.75) is 24.9 Å². The summed E-state index contributed by atoms with van der Waals surface area (Å²) in [7, 11) is 0. The molecule has 0 spiro atoms. The van der Waals surface area contributed by atoms with Crippen molar-refractivity contribution in [1.82, 2.24) is 10.6 Å². The zero-order valence-electron chi connectivity index (χ0n) is 12.4. The van der Waals surface area contributed by atoms with E-state index in [1.165, 1.54) is 31.2 Å². The molecule has 10 heteroatoms. The summed E-state index contributed by atoms with van der Waals surface area (Å²) in [4.78, 5) is 12.2. The largest absolute Gasteiger partial charge is 0.466 e. The highest BCUT2D eigenvalue weighted by molar-refractivity contribution is 7.80. The van der Waals surface area contributed by atoms with Crippen molar-refractivity contribution in [3.8, 4) is 0 Å². The van der Waals surface area contributed by atoms with Crippen LogP contribution >= 0.6 is 23.8 Å². The number of hydrogen-bond donors (Lipinski definition) is 3. The summed E-state index contributed by atoms with van der Waals surface area (Å²) < 4.78 is 45.2. The van der Waals surface area contributed by atoms with Crippen LogP contribution in [0.5, 0.6) is 0 Å². The van der Waals surface area contributed by atoms with Crippen molar-refractivity contribution in [3.63, 3.8) is 0 Å². The number of thiocarbonyl (C=S) groups is 1. The van der Waals surface area contributed by atoms with Crippen molar-refractivity contribution in [1.29, 1.82) is 0 Å². The summed E-state index contributed by atoms with van der Waals surface area (Å²) in [6.07, 6.45) is -5.17. The van der Waals surface area contributed by atoms with Gasteiger partial charge in [0.15, 0.2) is 5.11 Å². The second-order valence-corrected chi connectivity index (χ2v) is 5.97. The maximum absolute atomic E-state index is 13.5. The summed E-state index contributed by atoms with van der Waals surface area (Å²) in [6, 6.07) is 4.55. The van der Waals surface area contributed by atoms with Crippen LogP contribution in [0, 0.1) is 5.92 Å². The Balaban J connectivity index is 2.55. The third kappa shape index (κ3) is 3.42. The first-order chi connectivity index (χ1) is 11.1. The average Bonchev–Trinajstić information content (AvgIpc) is 2.46. The maximum atomic E-state index is 13.5. The molecule has 1 fully saturated rings. The number of benzene rings is 1. The number of esters is 1. The summed E-state index contributed by atoms with van der Waals surface area (Å²) in [5.74, 6) is -3.22. The van der Waals surface area contributed by atoms with E-state index in [0.717, 1.165) is 0 Å². The molecule has 24 heavy (non-hydrogen) atoms. The topological polar surface area (TPSA) is 70.6 Å². The molecule has 5 nitrogen and oxygen atoms in total. The van der Waals surface area contributed by atoms with E-state index in [1.54, 1.807) is 5.32 Å². The first-order valence-electron chi connectivity index (χ1n) is 6.90. The summed E-state index contributed by atoms with van der Waals surface area (Å²) in [5, 5.41) is 14.5. The van der Waals surface area contributed by atoms with Gasteiger partial charge in [0.1, 0.15) is 5.92 Å². The third-order valence-corrected chi connectivity index (χ3v) is 4.05. The zero-order chi connectivity index (χ0) is 18.1. The number of aliphatic hydroxyl groups is 1. The van der Waals surface area contributed by atoms with E-state index in [0.29, 0.717) is 10.6 Å². The molecule has 0 aromatic heterocycles. The minimum atomic E-state index is -5.17. The highest BCUT2D eigenvalue weighted by Crippen LogP contribution is 2.43. The van der Waals surface area contributed by atoms with E-state index in [-0.39, 0.29) is 6.61 Å². The molecule has 1 aromatic rings. The molecule has 1 aliphatic rings. The summed E-state index contributed by atoms with van der Waals surface area (Å²) in [5.41, 5.74) is -3.27. The van der Waals surface area contributed by atoms with Crippen LogP contribution in [0.25, 0.3) is 0 Å². The molecule has 0 unspecified atom stereocenters. The predicted molar refractivity (Wildman–Crippen MR) is 84.2 cm³/mol. The van der Waals surface area contributed by atoms with Crippen LogP contribution in [0.1, 0.15) is 18.5 Å². The summed E-state index contributed by atoms with van der Waals surface area (Å²) in [6.45, 7) is 1.32. The van der Waals surface area contributed by atoms with Gasteiger partial charge in [-0.25, -0.2) is 0 Å². The van der Waals surface area contributed by atoms with Crippen molar-refractivity contribution >= 4 is 34.9 Å². The van der Waals surface area contributed by atoms with Crippen molar-refractivity contribution < 1.29 is 27.8 Å². The first kappa shape index (κ1) is 18.8. The molecule has 132 valence electrons. The minimum Gasteiger partial charge on any atom is -0.466 e. The third-order valence-electron chi connectivity index (χ3n) is 3.58. The predicted octanol–water partition coefficient (Wildman–Crippen LogP) is 2.29. The Labute approximate surface area is 146 Å². The number of halogens is 4. The second-order valence-electron chi connectivity index (χ2n) is 5.12. The fraction of sp³-hybridized carbons (Fsp3) is 0.429. The Morgan fingerprint density at radius 3 is 2.50 bits per heavy atom. The highest BCUT2D eigenvalue weighted by Gasteiger charge is 2.66. The molecule has 0 aliphatic carbocycles. The van der Waals surface area contributed by atoms with E-state index in [1.807, 2.05) is 0 Å². The van der Waals surface area contributed by atoms with E-state index < -0.39 is 34.9 Å². The molecule has 1 saturated heterocycles. The van der Waals surface area contributed by atoms with Crippen LogP contribution in [0.15, 0.2) is 24.3 Å². The van der Waals surface area contributed by atoms with Crippen molar-refractivity contribution in [2.24, 2.45) is 5.92 Å². The molecule has 0 bridgehead atoms. The van der Waals surface area contributed by atoms with Crippen molar-refractivity contribution in [2.75, 3.05) is 6.61 Å². The van der Waals surface area contributed by atoms with Crippen LogP contribution in [0.4, 0.5) is 13.2 Å². The van der Waals surface area contributed by atoms with Crippen LogP contribution in [-0.2, 0) is 9.53 Å². The number of rotatable bonds is 3. The number of alkyl halides is 3. The normalized spacial score (nSPS) is 27.2. The van der Waals surface area contributed by atoms with Gasteiger partial charge < -0.3 is 20.5 Å². The lowest BCUT2D eigenvalue weighted by Gasteiger charge is -2.45. The fourth-order valence-corrected chi connectivity index (χ4v) is 2.89. The lowest BCUT2D eigenvalue weighted by molar-refractivity contribution is -0.292. The number of hydrogen-bond acceptors (Lipinski definition) is 4. The molecule has 3 N–H and O–H groups in total. The van der Waals surface area contributed by atoms with Gasteiger partial charge in [-0.2, -0.15) is 13.2 Å². The zero-order valence-corrected chi connectivity index (χ0v) is 13.9. The fourth-order valence-electron chi connectivity index (χ4n) is 2.48. The number of nitrogens with one attached hydrogen (secondary N) is 2. The van der Waals surface area contributed by atoms with E-state index in [9.17, 15) is 23.1 Å². The lowest BCUT2D eigenvalue weighted by atomic mass is 9.82. The maximum Gasteiger partial charge on any atom is 0.437 e. The van der Waals surface area contributed by atoms with Gasteiger partial charge in [-0.3, -0.25) is 4.79 Å². The Morgan fingerprint density at radius 2 is 2.00 bits per heavy atom. The molecule has 3 atom stereocenters. The van der Waals surface area contributed by atoms with E-state index in [4.69, 9.17) is 28.6 Å². The van der Waals surface area contributed by atoms with Crippen LogP contribution in [0.2, 0.25) is 5.02 Å². The quantitative estimate of drug-likeness (QED) is 0.550. The number of carbonyl (C=O) groups excluding carboxylic acids is 1. The molecular weight excluding hydrogens is 369 g/mol. The minimum absolute atomic E-state index is 0.138. The van der Waals surface area contributed by atoms with Gasteiger partial charge in [-0.15, -0.1) is 0 Å². The Morgan fingerprint density at radius 1 is 1.42 bits per heavy atom. The molecular formula is C14H14ClF3N2O3S. The second kappa shape index (κ2) is 6.73. The van der Waals surface area contributed by atoms with Gasteiger partial charge in [0, 0.05) is 5.02 Å². The van der Waals surface area contributed by atoms with Crippen LogP contribution in [-0.4, -0.2) is 34.7 Å². The van der Waals surface area contributed by atoms with Crippen LogP contribution < -0.4 is 10.6 Å². The van der Waals surface area contributed by atoms with Crippen molar-refractivity contribution in [3.05, 3.63) is 34.9 Å². The molecule has 1 aliphatic heterocycles. The Hall–Kier alpha value is -1.58.